The Bertz CT molecular complexity index is 994. The Balaban J connectivity index is 2.19. The van der Waals surface area contributed by atoms with Crippen LogP contribution in [0, 0.1) is 0 Å². The van der Waals surface area contributed by atoms with E-state index in [0.29, 0.717) is 27.9 Å². The van der Waals surface area contributed by atoms with Crippen LogP contribution in [0.4, 0.5) is 0 Å². The molecule has 1 aromatic heterocycles. The highest BCUT2D eigenvalue weighted by atomic mass is 16.5. The molecule has 0 radical (unpaired) electrons. The third-order valence-electron chi connectivity index (χ3n) is 3.58. The predicted octanol–water partition coefficient (Wildman–Crippen LogP) is 2.09. The van der Waals surface area contributed by atoms with Crippen LogP contribution >= 0.6 is 0 Å². The zero-order valence-corrected chi connectivity index (χ0v) is 13.0. The van der Waals surface area contributed by atoms with Crippen LogP contribution in [0.3, 0.4) is 0 Å². The fourth-order valence-corrected chi connectivity index (χ4v) is 2.35. The number of rotatable bonds is 3. The van der Waals surface area contributed by atoms with Gasteiger partial charge in [-0.1, -0.05) is 0 Å². The highest BCUT2D eigenvalue weighted by molar-refractivity contribution is 5.94. The molecule has 1 heterocycles. The molecular weight excluding hydrogens is 312 g/mol. The van der Waals surface area contributed by atoms with E-state index in [1.807, 2.05) is 0 Å². The molecule has 0 aliphatic heterocycles. The number of hydrogen-bond acceptors (Lipinski definition) is 6. The first-order chi connectivity index (χ1) is 11.5. The van der Waals surface area contributed by atoms with Gasteiger partial charge in [0, 0.05) is 5.56 Å². The van der Waals surface area contributed by atoms with Crippen LogP contribution in [0.25, 0.3) is 22.3 Å². The number of esters is 1. The lowest BCUT2D eigenvalue weighted by molar-refractivity contribution is 0.0601. The maximum atomic E-state index is 12.3. The van der Waals surface area contributed by atoms with E-state index in [2.05, 4.69) is 14.7 Å². The minimum atomic E-state index is -0.508. The second-order valence-corrected chi connectivity index (χ2v) is 5.02. The number of aromatic hydroxyl groups is 1. The van der Waals surface area contributed by atoms with Crippen molar-refractivity contribution in [2.24, 2.45) is 0 Å². The first kappa shape index (κ1) is 15.5. The molecule has 3 aromatic rings. The molecule has 0 bridgehead atoms. The number of phenolic OH excluding ortho intramolecular Hbond substituents is 1. The second-order valence-electron chi connectivity index (χ2n) is 5.02. The van der Waals surface area contributed by atoms with Gasteiger partial charge in [0.25, 0.3) is 5.56 Å². The summed E-state index contributed by atoms with van der Waals surface area (Å²) in [5, 5.41) is 10.0. The highest BCUT2D eigenvalue weighted by Gasteiger charge is 2.12. The van der Waals surface area contributed by atoms with Crippen molar-refractivity contribution < 1.29 is 19.4 Å². The normalized spacial score (nSPS) is 10.6. The maximum Gasteiger partial charge on any atom is 0.337 e. The van der Waals surface area contributed by atoms with Gasteiger partial charge in [-0.3, -0.25) is 4.79 Å². The number of methoxy groups -OCH3 is 2. The van der Waals surface area contributed by atoms with Crippen molar-refractivity contribution in [1.82, 2.24) is 9.97 Å². The molecule has 24 heavy (non-hydrogen) atoms. The molecule has 3 rings (SSSR count). The predicted molar refractivity (Wildman–Crippen MR) is 87.4 cm³/mol. The first-order valence-electron chi connectivity index (χ1n) is 7.03. The van der Waals surface area contributed by atoms with Gasteiger partial charge in [0.05, 0.1) is 30.7 Å². The molecule has 122 valence electrons. The molecule has 2 aromatic carbocycles. The third kappa shape index (κ3) is 2.67. The SMILES string of the molecule is COC(=O)c1ccc2c(=O)[nH]c(-c3ccc(O)c(OC)c3)nc2c1. The molecule has 0 spiro atoms. The number of benzene rings is 2. The monoisotopic (exact) mass is 326 g/mol. The zero-order valence-electron chi connectivity index (χ0n) is 13.0. The van der Waals surface area contributed by atoms with Crippen LogP contribution in [0.1, 0.15) is 10.4 Å². The van der Waals surface area contributed by atoms with Crippen molar-refractivity contribution in [3.05, 3.63) is 52.3 Å². The molecule has 0 saturated heterocycles. The Hall–Kier alpha value is -3.35. The Morgan fingerprint density at radius 2 is 1.96 bits per heavy atom. The number of H-pyrrole nitrogens is 1. The number of carbonyl (C=O) groups excluding carboxylic acids is 1. The lowest BCUT2D eigenvalue weighted by Crippen LogP contribution is -2.10. The molecule has 0 unspecified atom stereocenters. The van der Waals surface area contributed by atoms with Gasteiger partial charge in [-0.2, -0.15) is 0 Å². The number of phenols is 1. The summed E-state index contributed by atoms with van der Waals surface area (Å²) in [7, 11) is 2.71. The van der Waals surface area contributed by atoms with Gasteiger partial charge in [0.15, 0.2) is 11.5 Å². The van der Waals surface area contributed by atoms with Crippen LogP contribution in [0.5, 0.6) is 11.5 Å². The number of hydrogen-bond donors (Lipinski definition) is 2. The van der Waals surface area contributed by atoms with Gasteiger partial charge < -0.3 is 19.6 Å². The molecule has 0 atom stereocenters. The number of carbonyl (C=O) groups is 1. The summed E-state index contributed by atoms with van der Waals surface area (Å²) >= 11 is 0. The molecule has 0 aliphatic carbocycles. The summed E-state index contributed by atoms with van der Waals surface area (Å²) in [6.45, 7) is 0. The average molecular weight is 326 g/mol. The van der Waals surface area contributed by atoms with Crippen LogP contribution in [-0.4, -0.2) is 35.3 Å². The minimum absolute atomic E-state index is 0.0163. The number of nitrogens with one attached hydrogen (secondary N) is 1. The van der Waals surface area contributed by atoms with Gasteiger partial charge in [-0.15, -0.1) is 0 Å². The van der Waals surface area contributed by atoms with Gasteiger partial charge in [0.1, 0.15) is 5.82 Å². The number of aromatic nitrogens is 2. The smallest absolute Gasteiger partial charge is 0.337 e. The molecule has 2 N–H and O–H groups in total. The van der Waals surface area contributed by atoms with Crippen molar-refractivity contribution >= 4 is 16.9 Å². The van der Waals surface area contributed by atoms with Crippen LogP contribution in [-0.2, 0) is 4.74 Å². The van der Waals surface area contributed by atoms with E-state index < -0.39 is 5.97 Å². The maximum absolute atomic E-state index is 12.3. The van der Waals surface area contributed by atoms with Gasteiger partial charge in [0.2, 0.25) is 0 Å². The van der Waals surface area contributed by atoms with E-state index in [0.717, 1.165) is 0 Å². The number of fused-ring (bicyclic) bond motifs is 1. The number of nitrogens with zero attached hydrogens (tertiary/aromatic N) is 1. The van der Waals surface area contributed by atoms with Crippen molar-refractivity contribution in [2.45, 2.75) is 0 Å². The summed E-state index contributed by atoms with van der Waals surface area (Å²) in [4.78, 5) is 31.0. The van der Waals surface area contributed by atoms with E-state index >= 15 is 0 Å². The van der Waals surface area contributed by atoms with Crippen molar-refractivity contribution in [3.8, 4) is 22.9 Å². The Kier molecular flexibility index (Phi) is 3.91. The third-order valence-corrected chi connectivity index (χ3v) is 3.58. The summed E-state index contributed by atoms with van der Waals surface area (Å²) in [6.07, 6.45) is 0. The average Bonchev–Trinajstić information content (AvgIpc) is 2.60. The summed E-state index contributed by atoms with van der Waals surface area (Å²) in [5.41, 5.74) is 0.895. The molecule has 0 fully saturated rings. The molecule has 7 heteroatoms. The molecule has 0 amide bonds. The van der Waals surface area contributed by atoms with Crippen LogP contribution < -0.4 is 10.3 Å². The van der Waals surface area contributed by atoms with E-state index in [1.165, 1.54) is 38.5 Å². The van der Waals surface area contributed by atoms with E-state index in [9.17, 15) is 14.7 Å². The minimum Gasteiger partial charge on any atom is -0.504 e. The Morgan fingerprint density at radius 3 is 2.67 bits per heavy atom. The summed E-state index contributed by atoms with van der Waals surface area (Å²) < 4.78 is 9.74. The van der Waals surface area contributed by atoms with Crippen LogP contribution in [0.2, 0.25) is 0 Å². The van der Waals surface area contributed by atoms with Gasteiger partial charge in [-0.25, -0.2) is 9.78 Å². The van der Waals surface area contributed by atoms with E-state index in [1.54, 1.807) is 12.1 Å². The number of aromatic amines is 1. The lowest BCUT2D eigenvalue weighted by Gasteiger charge is -2.07. The van der Waals surface area contributed by atoms with Gasteiger partial charge in [-0.05, 0) is 36.4 Å². The van der Waals surface area contributed by atoms with Crippen molar-refractivity contribution in [1.29, 1.82) is 0 Å². The Morgan fingerprint density at radius 1 is 1.17 bits per heavy atom. The number of ether oxygens (including phenoxy) is 2. The quantitative estimate of drug-likeness (QED) is 0.715. The van der Waals surface area contributed by atoms with Crippen LogP contribution in [0.15, 0.2) is 41.2 Å². The highest BCUT2D eigenvalue weighted by Crippen LogP contribution is 2.30. The van der Waals surface area contributed by atoms with Crippen molar-refractivity contribution in [3.63, 3.8) is 0 Å². The molecular formula is C17H14N2O5. The van der Waals surface area contributed by atoms with Gasteiger partial charge >= 0.3 is 5.97 Å². The van der Waals surface area contributed by atoms with E-state index in [4.69, 9.17) is 4.74 Å². The molecule has 0 saturated carbocycles. The molecule has 0 aliphatic rings. The first-order valence-corrected chi connectivity index (χ1v) is 7.03. The Labute approximate surface area is 136 Å². The molecule has 7 nitrogen and oxygen atoms in total. The summed E-state index contributed by atoms with van der Waals surface area (Å²) in [5.74, 6) is 0.0376. The second kappa shape index (κ2) is 6.04. The van der Waals surface area contributed by atoms with Crippen molar-refractivity contribution in [2.75, 3.05) is 14.2 Å². The lowest BCUT2D eigenvalue weighted by atomic mass is 10.1. The summed E-state index contributed by atoms with van der Waals surface area (Å²) in [6, 6.07) is 9.14. The standard InChI is InChI=1S/C17H14N2O5/c1-23-14-8-9(4-6-13(14)20)15-18-12-7-10(17(22)24-2)3-5-11(12)16(21)19-15/h3-8,20H,1-2H3,(H,18,19,21). The largest absolute Gasteiger partial charge is 0.504 e. The fourth-order valence-electron chi connectivity index (χ4n) is 2.35. The van der Waals surface area contributed by atoms with E-state index in [-0.39, 0.29) is 17.1 Å². The fraction of sp³-hybridized carbons (Fsp3) is 0.118. The topological polar surface area (TPSA) is 102 Å². The zero-order chi connectivity index (χ0) is 17.3.